The Labute approximate surface area is 137 Å². The highest BCUT2D eigenvalue weighted by Crippen LogP contribution is 2.22. The van der Waals surface area contributed by atoms with Crippen LogP contribution in [0.3, 0.4) is 0 Å². The second kappa shape index (κ2) is 8.76. The van der Waals surface area contributed by atoms with Crippen molar-refractivity contribution in [2.24, 2.45) is 17.4 Å². The van der Waals surface area contributed by atoms with Crippen LogP contribution in [0.5, 0.6) is 0 Å². The summed E-state index contributed by atoms with van der Waals surface area (Å²) in [6, 6.07) is 9.40. The summed E-state index contributed by atoms with van der Waals surface area (Å²) >= 11 is 0. The Morgan fingerprint density at radius 2 is 1.77 bits per heavy atom. The molecule has 1 unspecified atom stereocenters. The first-order valence-electron chi connectivity index (χ1n) is 7.43. The van der Waals surface area contributed by atoms with Crippen LogP contribution in [0.2, 0.25) is 0 Å². The van der Waals surface area contributed by atoms with Crippen molar-refractivity contribution in [3.8, 4) is 0 Å². The number of primary amides is 1. The first-order valence-corrected chi connectivity index (χ1v) is 7.43. The highest BCUT2D eigenvalue weighted by Gasteiger charge is 2.24. The molecule has 122 valence electrons. The Kier molecular flexibility index (Phi) is 7.35. The molecular formula is C16H24ClN3O2. The van der Waals surface area contributed by atoms with Gasteiger partial charge in [-0.05, 0) is 24.3 Å². The van der Waals surface area contributed by atoms with E-state index >= 15 is 0 Å². The molecule has 2 amide bonds. The van der Waals surface area contributed by atoms with Gasteiger partial charge in [-0.3, -0.25) is 9.59 Å². The molecular weight excluding hydrogens is 302 g/mol. The van der Waals surface area contributed by atoms with Crippen LogP contribution in [0.15, 0.2) is 30.3 Å². The number of carbonyl (C=O) groups excluding carboxylic acids is 2. The Hall–Kier alpha value is -1.59. The summed E-state index contributed by atoms with van der Waals surface area (Å²) < 4.78 is 0. The van der Waals surface area contributed by atoms with Crippen LogP contribution in [0.4, 0.5) is 0 Å². The van der Waals surface area contributed by atoms with Gasteiger partial charge < -0.3 is 16.4 Å². The second-order valence-electron chi connectivity index (χ2n) is 5.72. The van der Waals surface area contributed by atoms with Crippen LogP contribution in [0.25, 0.3) is 0 Å². The molecule has 0 aromatic heterocycles. The van der Waals surface area contributed by atoms with E-state index in [1.807, 2.05) is 35.2 Å². The van der Waals surface area contributed by atoms with Gasteiger partial charge >= 0.3 is 0 Å². The van der Waals surface area contributed by atoms with Gasteiger partial charge in [-0.25, -0.2) is 0 Å². The molecule has 0 bridgehead atoms. The molecule has 0 radical (unpaired) electrons. The molecule has 0 spiro atoms. The summed E-state index contributed by atoms with van der Waals surface area (Å²) in [6.45, 7) is 1.39. The number of carbonyl (C=O) groups is 2. The number of hydrogen-bond acceptors (Lipinski definition) is 3. The number of piperidine rings is 1. The number of benzene rings is 1. The van der Waals surface area contributed by atoms with Gasteiger partial charge in [0.05, 0.1) is 0 Å². The molecule has 0 saturated carbocycles. The van der Waals surface area contributed by atoms with E-state index in [0.29, 0.717) is 31.8 Å². The average molecular weight is 326 g/mol. The predicted molar refractivity (Wildman–Crippen MR) is 88.4 cm³/mol. The molecule has 5 nitrogen and oxygen atoms in total. The molecule has 1 aromatic rings. The van der Waals surface area contributed by atoms with Crippen LogP contribution >= 0.6 is 12.4 Å². The van der Waals surface area contributed by atoms with E-state index < -0.39 is 0 Å². The lowest BCUT2D eigenvalue weighted by molar-refractivity contribution is -0.133. The number of likely N-dealkylation sites (tertiary alicyclic amines) is 1. The maximum absolute atomic E-state index is 12.3. The molecule has 2 rings (SSSR count). The molecule has 22 heavy (non-hydrogen) atoms. The molecule has 0 aliphatic carbocycles. The third-order valence-electron chi connectivity index (χ3n) is 4.08. The lowest BCUT2D eigenvalue weighted by atomic mass is 9.93. The Morgan fingerprint density at radius 3 is 2.32 bits per heavy atom. The fourth-order valence-corrected chi connectivity index (χ4v) is 2.81. The summed E-state index contributed by atoms with van der Waals surface area (Å²) in [4.78, 5) is 25.0. The van der Waals surface area contributed by atoms with E-state index in [1.165, 1.54) is 0 Å². The number of nitrogens with two attached hydrogens (primary N) is 2. The quantitative estimate of drug-likeness (QED) is 0.862. The average Bonchev–Trinajstić information content (AvgIpc) is 2.48. The van der Waals surface area contributed by atoms with Crippen molar-refractivity contribution in [3.05, 3.63) is 35.9 Å². The van der Waals surface area contributed by atoms with Gasteiger partial charge in [-0.2, -0.15) is 0 Å². The molecule has 1 heterocycles. The summed E-state index contributed by atoms with van der Waals surface area (Å²) in [5.41, 5.74) is 12.3. The third-order valence-corrected chi connectivity index (χ3v) is 4.08. The number of rotatable bonds is 5. The molecule has 1 saturated heterocycles. The van der Waals surface area contributed by atoms with E-state index in [9.17, 15) is 9.59 Å². The van der Waals surface area contributed by atoms with Crippen LogP contribution in [-0.2, 0) is 9.59 Å². The molecule has 1 aliphatic heterocycles. The molecule has 1 aliphatic rings. The largest absolute Gasteiger partial charge is 0.370 e. The monoisotopic (exact) mass is 325 g/mol. The van der Waals surface area contributed by atoms with E-state index in [1.54, 1.807) is 0 Å². The number of halogens is 1. The van der Waals surface area contributed by atoms with Crippen molar-refractivity contribution in [1.82, 2.24) is 4.90 Å². The standard InChI is InChI=1S/C16H23N3O2.ClH/c17-14(13-4-2-1-3-5-13)11-16(21)19-8-6-12(7-9-19)10-15(18)20;/h1-5,12,14H,6-11,17H2,(H2,18,20);1H. The molecule has 6 heteroatoms. The third kappa shape index (κ3) is 5.31. The van der Waals surface area contributed by atoms with Gasteiger partial charge in [0.1, 0.15) is 0 Å². The van der Waals surface area contributed by atoms with Crippen LogP contribution in [0.1, 0.15) is 37.3 Å². The van der Waals surface area contributed by atoms with Crippen molar-refractivity contribution in [2.45, 2.75) is 31.7 Å². The SMILES string of the molecule is Cl.NC(=O)CC1CCN(C(=O)CC(N)c2ccccc2)CC1. The number of nitrogens with zero attached hydrogens (tertiary/aromatic N) is 1. The number of amides is 2. The van der Waals surface area contributed by atoms with Crippen molar-refractivity contribution in [2.75, 3.05) is 13.1 Å². The Bertz CT molecular complexity index is 487. The van der Waals surface area contributed by atoms with Gasteiger partial charge in [0.2, 0.25) is 11.8 Å². The summed E-state index contributed by atoms with van der Waals surface area (Å²) in [5, 5.41) is 0. The van der Waals surface area contributed by atoms with E-state index in [4.69, 9.17) is 11.5 Å². The van der Waals surface area contributed by atoms with Gasteiger partial charge in [-0.15, -0.1) is 12.4 Å². The fraction of sp³-hybridized carbons (Fsp3) is 0.500. The van der Waals surface area contributed by atoms with Crippen molar-refractivity contribution >= 4 is 24.2 Å². The minimum atomic E-state index is -0.262. The molecule has 4 N–H and O–H groups in total. The lowest BCUT2D eigenvalue weighted by Crippen LogP contribution is -2.40. The summed E-state index contributed by atoms with van der Waals surface area (Å²) in [5.74, 6) is 0.143. The zero-order valence-corrected chi connectivity index (χ0v) is 13.4. The first kappa shape index (κ1) is 18.5. The maximum atomic E-state index is 12.3. The molecule has 1 aromatic carbocycles. The zero-order chi connectivity index (χ0) is 15.2. The second-order valence-corrected chi connectivity index (χ2v) is 5.72. The zero-order valence-electron chi connectivity index (χ0n) is 12.6. The maximum Gasteiger partial charge on any atom is 0.224 e. The van der Waals surface area contributed by atoms with Gasteiger partial charge in [-0.1, -0.05) is 30.3 Å². The minimum absolute atomic E-state index is 0. The van der Waals surface area contributed by atoms with E-state index in [-0.39, 0.29) is 30.3 Å². The minimum Gasteiger partial charge on any atom is -0.370 e. The van der Waals surface area contributed by atoms with Crippen molar-refractivity contribution in [3.63, 3.8) is 0 Å². The smallest absolute Gasteiger partial charge is 0.224 e. The van der Waals surface area contributed by atoms with Crippen LogP contribution in [-0.4, -0.2) is 29.8 Å². The van der Waals surface area contributed by atoms with Crippen LogP contribution < -0.4 is 11.5 Å². The van der Waals surface area contributed by atoms with Crippen LogP contribution in [0, 0.1) is 5.92 Å². The van der Waals surface area contributed by atoms with Gasteiger partial charge in [0.25, 0.3) is 0 Å². The van der Waals surface area contributed by atoms with Crippen molar-refractivity contribution < 1.29 is 9.59 Å². The summed E-state index contributed by atoms with van der Waals surface area (Å²) in [7, 11) is 0. The molecule has 1 fully saturated rings. The Morgan fingerprint density at radius 1 is 1.18 bits per heavy atom. The van der Waals surface area contributed by atoms with E-state index in [2.05, 4.69) is 0 Å². The highest BCUT2D eigenvalue weighted by molar-refractivity contribution is 5.85. The summed E-state index contributed by atoms with van der Waals surface area (Å²) in [6.07, 6.45) is 2.43. The molecule has 1 atom stereocenters. The fourth-order valence-electron chi connectivity index (χ4n) is 2.81. The van der Waals surface area contributed by atoms with Gasteiger partial charge in [0, 0.05) is 32.0 Å². The highest BCUT2D eigenvalue weighted by atomic mass is 35.5. The Balaban J connectivity index is 0.00000242. The first-order chi connectivity index (χ1) is 10.1. The topological polar surface area (TPSA) is 89.4 Å². The van der Waals surface area contributed by atoms with E-state index in [0.717, 1.165) is 18.4 Å². The predicted octanol–water partition coefficient (Wildman–Crippen LogP) is 1.61. The lowest BCUT2D eigenvalue weighted by Gasteiger charge is -2.32. The van der Waals surface area contributed by atoms with Crippen molar-refractivity contribution in [1.29, 1.82) is 0 Å². The normalized spacial score (nSPS) is 16.7. The number of hydrogen-bond donors (Lipinski definition) is 2. The van der Waals surface area contributed by atoms with Gasteiger partial charge in [0.15, 0.2) is 0 Å².